The molecule has 0 spiro atoms. The summed E-state index contributed by atoms with van der Waals surface area (Å²) in [5.41, 5.74) is 5.41. The van der Waals surface area contributed by atoms with E-state index in [1.54, 1.807) is 0 Å². The lowest BCUT2D eigenvalue weighted by Gasteiger charge is -2.27. The number of nitrogens with zero attached hydrogens (tertiary/aromatic N) is 4. The van der Waals surface area contributed by atoms with E-state index < -0.39 is 0 Å². The molecule has 5 rings (SSSR count). The van der Waals surface area contributed by atoms with Gasteiger partial charge in [-0.15, -0.1) is 0 Å². The molecule has 190 valence electrons. The third kappa shape index (κ3) is 6.57. The monoisotopic (exact) mass is 487 g/mol. The summed E-state index contributed by atoms with van der Waals surface area (Å²) < 4.78 is 0. The molecule has 0 unspecified atom stereocenters. The van der Waals surface area contributed by atoms with E-state index >= 15 is 0 Å². The molecule has 1 aliphatic carbocycles. The van der Waals surface area contributed by atoms with Gasteiger partial charge in [0.15, 0.2) is 0 Å². The third-order valence-electron chi connectivity index (χ3n) is 7.11. The van der Waals surface area contributed by atoms with Crippen LogP contribution >= 0.6 is 0 Å². The van der Waals surface area contributed by atoms with Gasteiger partial charge in [0, 0.05) is 57.7 Å². The number of pyridine rings is 1. The van der Waals surface area contributed by atoms with Gasteiger partial charge in [-0.25, -0.2) is 4.98 Å². The smallest absolute Gasteiger partial charge is 0.224 e. The fourth-order valence-corrected chi connectivity index (χ4v) is 4.87. The molecule has 36 heavy (non-hydrogen) atoms. The molecule has 1 saturated carbocycles. The topological polar surface area (TPSA) is 98.2 Å². The number of aliphatic hydroxyl groups is 1. The number of aromatic nitrogens is 3. The van der Waals surface area contributed by atoms with Gasteiger partial charge in [-0.1, -0.05) is 35.9 Å². The molecule has 1 aliphatic heterocycles. The molecule has 2 fully saturated rings. The second kappa shape index (κ2) is 11.8. The summed E-state index contributed by atoms with van der Waals surface area (Å²) in [6, 6.07) is 13.0. The zero-order valence-electron chi connectivity index (χ0n) is 21.1. The van der Waals surface area contributed by atoms with Gasteiger partial charge < -0.3 is 21.1 Å². The van der Waals surface area contributed by atoms with Crippen molar-refractivity contribution >= 4 is 11.8 Å². The second-order valence-electron chi connectivity index (χ2n) is 10.0. The highest BCUT2D eigenvalue weighted by molar-refractivity contribution is 5.73. The van der Waals surface area contributed by atoms with Gasteiger partial charge in [0.2, 0.25) is 5.95 Å². The molecular formula is C28H37N7O. The molecule has 3 heterocycles. The molecule has 0 radical (unpaired) electrons. The van der Waals surface area contributed by atoms with Gasteiger partial charge in [0.25, 0.3) is 0 Å². The lowest BCUT2D eigenvalue weighted by atomic mass is 9.93. The first-order chi connectivity index (χ1) is 17.6. The Hall–Kier alpha value is -3.07. The predicted molar refractivity (Wildman–Crippen MR) is 144 cm³/mol. The van der Waals surface area contributed by atoms with Crippen LogP contribution in [0, 0.1) is 6.92 Å². The maximum absolute atomic E-state index is 9.93. The van der Waals surface area contributed by atoms with Crippen molar-refractivity contribution < 1.29 is 5.11 Å². The average molecular weight is 488 g/mol. The number of anilines is 2. The number of rotatable bonds is 8. The van der Waals surface area contributed by atoms with Crippen LogP contribution in [0.2, 0.25) is 0 Å². The Morgan fingerprint density at radius 2 is 1.69 bits per heavy atom. The van der Waals surface area contributed by atoms with Crippen molar-refractivity contribution in [3.63, 3.8) is 0 Å². The van der Waals surface area contributed by atoms with E-state index in [0.717, 1.165) is 75.5 Å². The molecule has 1 saturated heterocycles. The summed E-state index contributed by atoms with van der Waals surface area (Å²) in [6.45, 7) is 7.89. The summed E-state index contributed by atoms with van der Waals surface area (Å²) in [7, 11) is 0. The highest BCUT2D eigenvalue weighted by Gasteiger charge is 2.21. The lowest BCUT2D eigenvalue weighted by molar-refractivity contribution is 0.126. The Labute approximate surface area is 213 Å². The van der Waals surface area contributed by atoms with Crippen LogP contribution in [0.4, 0.5) is 11.8 Å². The number of benzene rings is 1. The van der Waals surface area contributed by atoms with E-state index in [1.165, 1.54) is 16.7 Å². The summed E-state index contributed by atoms with van der Waals surface area (Å²) in [4.78, 5) is 16.7. The number of hydrogen-bond acceptors (Lipinski definition) is 8. The van der Waals surface area contributed by atoms with Gasteiger partial charge in [-0.3, -0.25) is 9.88 Å². The molecule has 8 nitrogen and oxygen atoms in total. The fourth-order valence-electron chi connectivity index (χ4n) is 4.87. The van der Waals surface area contributed by atoms with E-state index in [-0.39, 0.29) is 12.1 Å². The summed E-state index contributed by atoms with van der Waals surface area (Å²) in [6.07, 6.45) is 7.13. The van der Waals surface area contributed by atoms with Crippen molar-refractivity contribution in [1.29, 1.82) is 0 Å². The Bertz CT molecular complexity index is 1110. The van der Waals surface area contributed by atoms with Crippen molar-refractivity contribution in [2.24, 2.45) is 0 Å². The molecule has 3 aromatic rings. The van der Waals surface area contributed by atoms with Gasteiger partial charge in [0.05, 0.1) is 17.4 Å². The molecule has 2 aliphatic rings. The van der Waals surface area contributed by atoms with Crippen LogP contribution in [0.15, 0.2) is 48.8 Å². The largest absolute Gasteiger partial charge is 0.393 e. The van der Waals surface area contributed by atoms with Gasteiger partial charge in [0.1, 0.15) is 5.82 Å². The Balaban J connectivity index is 1.33. The molecule has 8 heteroatoms. The molecule has 4 N–H and O–H groups in total. The van der Waals surface area contributed by atoms with E-state index in [4.69, 9.17) is 9.97 Å². The van der Waals surface area contributed by atoms with E-state index in [9.17, 15) is 5.11 Å². The second-order valence-corrected chi connectivity index (χ2v) is 10.0. The van der Waals surface area contributed by atoms with Crippen LogP contribution < -0.4 is 16.0 Å². The predicted octanol–water partition coefficient (Wildman–Crippen LogP) is 3.58. The number of aryl methyl sites for hydroxylation is 1. The molecule has 0 bridgehead atoms. The van der Waals surface area contributed by atoms with E-state index in [0.29, 0.717) is 12.5 Å². The Morgan fingerprint density at radius 1 is 0.944 bits per heavy atom. The highest BCUT2D eigenvalue weighted by Crippen LogP contribution is 2.29. The molecule has 0 amide bonds. The normalized spacial score (nSPS) is 20.7. The first kappa shape index (κ1) is 24.6. The van der Waals surface area contributed by atoms with E-state index in [1.807, 2.05) is 12.4 Å². The van der Waals surface area contributed by atoms with Gasteiger partial charge in [-0.05, 0) is 49.8 Å². The van der Waals surface area contributed by atoms with Crippen LogP contribution in [0.25, 0.3) is 11.3 Å². The van der Waals surface area contributed by atoms with Crippen molar-refractivity contribution in [3.05, 3.63) is 65.5 Å². The minimum atomic E-state index is -0.190. The standard InChI is InChI=1S/C28H37N7O/c1-20-2-4-21(5-3-20)16-31-28-32-18-25(27(34-28)33-23-7-9-24(36)10-8-23)26-11-6-22(17-30-26)19-35-14-12-29-13-15-35/h2-6,11,17-18,23-24,29,36H,7-10,12-16,19H2,1H3,(H2,31,32,33,34). The minimum Gasteiger partial charge on any atom is -0.393 e. The van der Waals surface area contributed by atoms with Crippen LogP contribution in [-0.2, 0) is 13.1 Å². The zero-order chi connectivity index (χ0) is 24.7. The van der Waals surface area contributed by atoms with Crippen LogP contribution in [0.1, 0.15) is 42.4 Å². The number of nitrogens with one attached hydrogen (secondary N) is 3. The Morgan fingerprint density at radius 3 is 2.42 bits per heavy atom. The first-order valence-corrected chi connectivity index (χ1v) is 13.1. The third-order valence-corrected chi connectivity index (χ3v) is 7.11. The summed E-state index contributed by atoms with van der Waals surface area (Å²) in [5, 5.41) is 20.3. The maximum atomic E-state index is 9.93. The number of hydrogen-bond donors (Lipinski definition) is 4. The van der Waals surface area contributed by atoms with Crippen molar-refractivity contribution in [3.8, 4) is 11.3 Å². The average Bonchev–Trinajstić information content (AvgIpc) is 2.91. The quantitative estimate of drug-likeness (QED) is 0.383. The first-order valence-electron chi connectivity index (χ1n) is 13.1. The fraction of sp³-hybridized carbons (Fsp3) is 0.464. The molecule has 2 aromatic heterocycles. The summed E-state index contributed by atoms with van der Waals surface area (Å²) >= 11 is 0. The lowest BCUT2D eigenvalue weighted by Crippen LogP contribution is -2.42. The zero-order valence-corrected chi connectivity index (χ0v) is 21.1. The van der Waals surface area contributed by atoms with Gasteiger partial charge in [-0.2, -0.15) is 4.98 Å². The molecule has 0 atom stereocenters. The molecule has 1 aromatic carbocycles. The maximum Gasteiger partial charge on any atom is 0.224 e. The van der Waals surface area contributed by atoms with Crippen LogP contribution in [-0.4, -0.2) is 63.3 Å². The minimum absolute atomic E-state index is 0.190. The number of piperazine rings is 1. The van der Waals surface area contributed by atoms with Crippen molar-refractivity contribution in [2.75, 3.05) is 36.8 Å². The van der Waals surface area contributed by atoms with Crippen molar-refractivity contribution in [2.45, 2.75) is 57.8 Å². The summed E-state index contributed by atoms with van der Waals surface area (Å²) in [5.74, 6) is 1.38. The van der Waals surface area contributed by atoms with E-state index in [2.05, 4.69) is 69.2 Å². The Kier molecular flexibility index (Phi) is 8.05. The number of aliphatic hydroxyl groups excluding tert-OH is 1. The molecular weight excluding hydrogens is 450 g/mol. The highest BCUT2D eigenvalue weighted by atomic mass is 16.3. The van der Waals surface area contributed by atoms with Crippen LogP contribution in [0.5, 0.6) is 0 Å². The van der Waals surface area contributed by atoms with Crippen molar-refractivity contribution in [1.82, 2.24) is 25.2 Å². The SMILES string of the molecule is Cc1ccc(CNc2ncc(-c3ccc(CN4CCNCC4)cn3)c(NC3CCC(O)CC3)n2)cc1. The van der Waals surface area contributed by atoms with Crippen LogP contribution in [0.3, 0.4) is 0 Å². The van der Waals surface area contributed by atoms with Gasteiger partial charge >= 0.3 is 0 Å².